The molecule has 0 spiro atoms. The molecule has 0 radical (unpaired) electrons. The van der Waals surface area contributed by atoms with Gasteiger partial charge >= 0.3 is 0 Å². The molecule has 4 rings (SSSR count). The second-order valence-corrected chi connectivity index (χ2v) is 8.43. The summed E-state index contributed by atoms with van der Waals surface area (Å²) in [6.45, 7) is 0.297. The van der Waals surface area contributed by atoms with E-state index in [2.05, 4.69) is 5.32 Å². The van der Waals surface area contributed by atoms with E-state index in [1.165, 1.54) is 6.07 Å². The zero-order valence-corrected chi connectivity index (χ0v) is 19.9. The Kier molecular flexibility index (Phi) is 7.65. The van der Waals surface area contributed by atoms with Crippen LogP contribution < -0.4 is 19.7 Å². The molecule has 1 heterocycles. The molecule has 35 heavy (non-hydrogen) atoms. The van der Waals surface area contributed by atoms with Crippen molar-refractivity contribution in [2.45, 2.75) is 25.3 Å². The van der Waals surface area contributed by atoms with Crippen LogP contribution in [0.2, 0.25) is 0 Å². The lowest BCUT2D eigenvalue weighted by Crippen LogP contribution is -2.48. The van der Waals surface area contributed by atoms with E-state index in [-0.39, 0.29) is 24.1 Å². The Labute approximate surface area is 204 Å². The highest BCUT2D eigenvalue weighted by molar-refractivity contribution is 5.97. The summed E-state index contributed by atoms with van der Waals surface area (Å²) in [5.41, 5.74) is 1.98. The number of amides is 2. The number of anilines is 1. The predicted octanol–water partition coefficient (Wildman–Crippen LogP) is 4.69. The molecule has 0 unspecified atom stereocenters. The fourth-order valence-corrected chi connectivity index (χ4v) is 4.63. The van der Waals surface area contributed by atoms with E-state index in [4.69, 9.17) is 9.47 Å². The molecule has 1 saturated heterocycles. The number of hydrogen-bond acceptors (Lipinski definition) is 4. The number of carbonyl (C=O) groups is 2. The molecule has 0 aliphatic carbocycles. The molecule has 182 valence electrons. The lowest BCUT2D eigenvalue weighted by Gasteiger charge is -2.41. The molecule has 3 aromatic carbocycles. The van der Waals surface area contributed by atoms with Crippen LogP contribution in [0.5, 0.6) is 11.5 Å². The minimum atomic E-state index is -0.561. The van der Waals surface area contributed by atoms with Crippen LogP contribution in [0, 0.1) is 11.7 Å². The number of methoxy groups -OCH3 is 2. The molecule has 3 aromatic rings. The first-order chi connectivity index (χ1) is 17.0. The number of nitrogens with one attached hydrogen (secondary N) is 1. The first-order valence-corrected chi connectivity index (χ1v) is 11.6. The number of hydrogen-bond donors (Lipinski definition) is 1. The quantitative estimate of drug-likeness (QED) is 0.512. The Bertz CT molecular complexity index is 1180. The zero-order chi connectivity index (χ0) is 24.8. The van der Waals surface area contributed by atoms with Gasteiger partial charge in [0, 0.05) is 24.2 Å². The number of para-hydroxylation sites is 1. The molecule has 2 amide bonds. The molecule has 0 bridgehead atoms. The van der Waals surface area contributed by atoms with Crippen molar-refractivity contribution in [2.75, 3.05) is 25.7 Å². The van der Waals surface area contributed by atoms with E-state index in [1.54, 1.807) is 49.5 Å². The van der Waals surface area contributed by atoms with Crippen LogP contribution in [0.25, 0.3) is 0 Å². The van der Waals surface area contributed by atoms with Gasteiger partial charge in [0.1, 0.15) is 17.3 Å². The number of carbonyl (C=O) groups excluding carboxylic acids is 2. The number of piperidine rings is 1. The van der Waals surface area contributed by atoms with E-state index >= 15 is 0 Å². The van der Waals surface area contributed by atoms with Crippen LogP contribution in [-0.4, -0.2) is 32.6 Å². The lowest BCUT2D eigenvalue weighted by molar-refractivity contribution is -0.129. The fourth-order valence-electron chi connectivity index (χ4n) is 4.63. The molecule has 0 aromatic heterocycles. The van der Waals surface area contributed by atoms with Gasteiger partial charge in [0.15, 0.2) is 0 Å². The van der Waals surface area contributed by atoms with E-state index < -0.39 is 12.0 Å². The highest BCUT2D eigenvalue weighted by Crippen LogP contribution is 2.43. The molecule has 7 heteroatoms. The van der Waals surface area contributed by atoms with Gasteiger partial charge in [-0.2, -0.15) is 0 Å². The van der Waals surface area contributed by atoms with Crippen molar-refractivity contribution >= 4 is 17.5 Å². The third-order valence-electron chi connectivity index (χ3n) is 6.39. The highest BCUT2D eigenvalue weighted by Gasteiger charge is 2.42. The number of benzene rings is 3. The van der Waals surface area contributed by atoms with Crippen molar-refractivity contribution in [1.29, 1.82) is 0 Å². The third kappa shape index (κ3) is 5.29. The monoisotopic (exact) mass is 476 g/mol. The van der Waals surface area contributed by atoms with Crippen LogP contribution in [-0.2, 0) is 16.0 Å². The van der Waals surface area contributed by atoms with Crippen molar-refractivity contribution < 1.29 is 23.5 Å². The first-order valence-electron chi connectivity index (χ1n) is 11.6. The van der Waals surface area contributed by atoms with E-state index in [9.17, 15) is 14.0 Å². The Hall–Kier alpha value is -3.87. The maximum absolute atomic E-state index is 14.0. The molecule has 1 aliphatic rings. The maximum Gasteiger partial charge on any atom is 0.227 e. The zero-order valence-electron chi connectivity index (χ0n) is 19.9. The number of ether oxygens (including phenoxy) is 2. The molecular weight excluding hydrogens is 447 g/mol. The average Bonchev–Trinajstić information content (AvgIpc) is 2.89. The van der Waals surface area contributed by atoms with Gasteiger partial charge in [0.2, 0.25) is 11.8 Å². The normalized spacial score (nSPS) is 17.7. The predicted molar refractivity (Wildman–Crippen MR) is 132 cm³/mol. The number of nitrogens with zero attached hydrogens (tertiary/aromatic N) is 1. The SMILES string of the molecule is COc1ccc(N2C(=O)CC[C@H](C(=O)NCCc3ccccc3F)[C@@H]2c2ccccc2OC)cc1. The van der Waals surface area contributed by atoms with E-state index in [1.807, 2.05) is 36.4 Å². The summed E-state index contributed by atoms with van der Waals surface area (Å²) < 4.78 is 24.9. The highest BCUT2D eigenvalue weighted by atomic mass is 19.1. The van der Waals surface area contributed by atoms with Crippen LogP contribution in [0.15, 0.2) is 72.8 Å². The van der Waals surface area contributed by atoms with Crippen molar-refractivity contribution in [2.24, 2.45) is 5.92 Å². The van der Waals surface area contributed by atoms with Crippen molar-refractivity contribution in [3.63, 3.8) is 0 Å². The van der Waals surface area contributed by atoms with Gasteiger partial charge in [-0.25, -0.2) is 4.39 Å². The van der Waals surface area contributed by atoms with Gasteiger partial charge < -0.3 is 19.7 Å². The Morgan fingerprint density at radius 1 is 1.00 bits per heavy atom. The molecular formula is C28H29FN2O4. The number of rotatable bonds is 8. The van der Waals surface area contributed by atoms with Gasteiger partial charge in [-0.3, -0.25) is 9.59 Å². The van der Waals surface area contributed by atoms with Crippen LogP contribution in [0.1, 0.15) is 30.0 Å². The van der Waals surface area contributed by atoms with Crippen LogP contribution in [0.3, 0.4) is 0 Å². The second kappa shape index (κ2) is 11.0. The van der Waals surface area contributed by atoms with Crippen molar-refractivity contribution in [1.82, 2.24) is 5.32 Å². The lowest BCUT2D eigenvalue weighted by atomic mass is 9.82. The van der Waals surface area contributed by atoms with Crippen LogP contribution >= 0.6 is 0 Å². The summed E-state index contributed by atoms with van der Waals surface area (Å²) in [4.78, 5) is 28.3. The summed E-state index contributed by atoms with van der Waals surface area (Å²) in [6, 6.07) is 20.6. The molecule has 1 fully saturated rings. The molecule has 0 saturated carbocycles. The Balaban J connectivity index is 1.64. The molecule has 6 nitrogen and oxygen atoms in total. The summed E-state index contributed by atoms with van der Waals surface area (Å²) in [5, 5.41) is 2.97. The van der Waals surface area contributed by atoms with E-state index in [0.717, 1.165) is 5.56 Å². The summed E-state index contributed by atoms with van der Waals surface area (Å²) in [7, 11) is 3.16. The Morgan fingerprint density at radius 3 is 2.43 bits per heavy atom. The van der Waals surface area contributed by atoms with E-state index in [0.29, 0.717) is 42.1 Å². The topological polar surface area (TPSA) is 67.9 Å². The van der Waals surface area contributed by atoms with Crippen molar-refractivity contribution in [3.8, 4) is 11.5 Å². The van der Waals surface area contributed by atoms with Crippen LogP contribution in [0.4, 0.5) is 10.1 Å². The maximum atomic E-state index is 14.0. The molecule has 1 N–H and O–H groups in total. The fraction of sp³-hybridized carbons (Fsp3) is 0.286. The molecule has 2 atom stereocenters. The molecule has 1 aliphatic heterocycles. The number of halogens is 1. The average molecular weight is 477 g/mol. The third-order valence-corrected chi connectivity index (χ3v) is 6.39. The first kappa shape index (κ1) is 24.3. The standard InChI is InChI=1S/C28H29FN2O4/c1-34-21-13-11-20(12-14-21)31-26(32)16-15-23(27(31)22-8-4-6-10-25(22)35-2)28(33)30-18-17-19-7-3-5-9-24(19)29/h3-14,23,27H,15-18H2,1-2H3,(H,30,33)/t23-,27-/m0/s1. The minimum Gasteiger partial charge on any atom is -0.497 e. The summed E-state index contributed by atoms with van der Waals surface area (Å²) in [6.07, 6.45) is 1.02. The minimum absolute atomic E-state index is 0.0681. The van der Waals surface area contributed by atoms with Gasteiger partial charge in [-0.15, -0.1) is 0 Å². The summed E-state index contributed by atoms with van der Waals surface area (Å²) in [5.74, 6) is 0.239. The summed E-state index contributed by atoms with van der Waals surface area (Å²) >= 11 is 0. The Morgan fingerprint density at radius 2 is 1.71 bits per heavy atom. The second-order valence-electron chi connectivity index (χ2n) is 8.43. The van der Waals surface area contributed by atoms with Gasteiger partial charge in [-0.05, 0) is 54.8 Å². The van der Waals surface area contributed by atoms with Gasteiger partial charge in [-0.1, -0.05) is 36.4 Å². The smallest absolute Gasteiger partial charge is 0.227 e. The van der Waals surface area contributed by atoms with Gasteiger partial charge in [0.25, 0.3) is 0 Å². The largest absolute Gasteiger partial charge is 0.497 e. The van der Waals surface area contributed by atoms with Crippen molar-refractivity contribution in [3.05, 3.63) is 89.7 Å². The van der Waals surface area contributed by atoms with Gasteiger partial charge in [0.05, 0.1) is 26.2 Å².